The van der Waals surface area contributed by atoms with Gasteiger partial charge in [0, 0.05) is 0 Å². The van der Waals surface area contributed by atoms with Crippen LogP contribution in [0.3, 0.4) is 0 Å². The van der Waals surface area contributed by atoms with Crippen molar-refractivity contribution in [2.75, 3.05) is 0 Å². The highest BCUT2D eigenvalue weighted by Gasteiger charge is 1.64. The van der Waals surface area contributed by atoms with Gasteiger partial charge in [-0.3, -0.25) is 0 Å². The van der Waals surface area contributed by atoms with E-state index in [1.54, 1.807) is 11.6 Å². The molecule has 0 aliphatic rings. The van der Waals surface area contributed by atoms with Gasteiger partial charge in [-0.1, -0.05) is 0 Å². The largest absolute Gasteiger partial charge is 0.192 e. The van der Waals surface area contributed by atoms with Crippen LogP contribution >= 0.6 is 8.58 Å². The third kappa shape index (κ3) is 3.41. The molecule has 0 N–H and O–H groups in total. The topological polar surface area (TPSA) is 47.6 Å². The van der Waals surface area contributed by atoms with Crippen molar-refractivity contribution in [2.24, 2.45) is 0 Å². The van der Waals surface area contributed by atoms with E-state index in [0.29, 0.717) is 0 Å². The molecule has 0 amide bonds. The van der Waals surface area contributed by atoms with Gasteiger partial charge in [0.25, 0.3) is 0 Å². The van der Waals surface area contributed by atoms with E-state index in [1.807, 2.05) is 0 Å². The molecule has 0 rings (SSSR count). The van der Waals surface area contributed by atoms with Crippen LogP contribution in [0.4, 0.5) is 0 Å². The monoisotopic (exact) mass is 83.0 g/mol. The normalized spacial score (nSPS) is 4.40. The first-order chi connectivity index (χ1) is 2.41. The Hall–Kier alpha value is -0.590. The van der Waals surface area contributed by atoms with Crippen molar-refractivity contribution in [1.82, 2.24) is 0 Å². The quantitative estimate of drug-likeness (QED) is 0.408. The minimum absolute atomic E-state index is 0.191. The molecule has 0 aliphatic carbocycles. The van der Waals surface area contributed by atoms with Crippen molar-refractivity contribution in [3.63, 3.8) is 0 Å². The minimum atomic E-state index is 0.191. The fourth-order valence-corrected chi connectivity index (χ4v) is 0.0671. The lowest BCUT2D eigenvalue weighted by atomic mass is 11.8. The van der Waals surface area contributed by atoms with Crippen molar-refractivity contribution in [3.05, 3.63) is 0 Å². The van der Waals surface area contributed by atoms with Crippen LogP contribution < -0.4 is 0 Å². The molecule has 0 bridgehead atoms. The van der Waals surface area contributed by atoms with Crippen LogP contribution in [0.1, 0.15) is 0 Å². The van der Waals surface area contributed by atoms with Crippen molar-refractivity contribution in [2.45, 2.75) is 0 Å². The summed E-state index contributed by atoms with van der Waals surface area (Å²) in [7, 11) is 0.191. The number of hydrogen-bond donors (Lipinski definition) is 0. The molecule has 1 radical (unpaired) electrons. The molecule has 0 unspecified atom stereocenters. The second-order valence-electron chi connectivity index (χ2n) is 0.312. The van der Waals surface area contributed by atoms with Crippen molar-refractivity contribution in [1.29, 1.82) is 10.5 Å². The fourth-order valence-electron chi connectivity index (χ4n) is 0.0224. The van der Waals surface area contributed by atoms with Crippen LogP contribution in [0.25, 0.3) is 0 Å². The zero-order chi connectivity index (χ0) is 4.12. The molecule has 2 nitrogen and oxygen atoms in total. The van der Waals surface area contributed by atoms with Crippen LogP contribution in [0.5, 0.6) is 0 Å². The van der Waals surface area contributed by atoms with Gasteiger partial charge >= 0.3 is 0 Å². The summed E-state index contributed by atoms with van der Waals surface area (Å²) in [5.74, 6) is 3.26. The predicted octanol–water partition coefficient (Wildman–Crippen LogP) is 0.895. The Morgan fingerprint density at radius 3 is 1.60 bits per heavy atom. The molecule has 0 aromatic carbocycles. The van der Waals surface area contributed by atoms with Gasteiger partial charge in [0.1, 0.15) is 11.6 Å². The second kappa shape index (κ2) is 3.41. The molecule has 0 atom stereocenters. The van der Waals surface area contributed by atoms with E-state index in [4.69, 9.17) is 10.5 Å². The SMILES string of the molecule is N#C[P]C#N. The van der Waals surface area contributed by atoms with Gasteiger partial charge in [0.05, 0.1) is 0 Å². The van der Waals surface area contributed by atoms with E-state index in [1.165, 1.54) is 0 Å². The number of hydrogen-bond acceptors (Lipinski definition) is 2. The molecule has 0 saturated heterocycles. The van der Waals surface area contributed by atoms with Gasteiger partial charge in [0.2, 0.25) is 0 Å². The summed E-state index contributed by atoms with van der Waals surface area (Å²) in [6.07, 6.45) is 0. The third-order valence-electron chi connectivity index (χ3n) is 0.100. The Morgan fingerprint density at radius 1 is 1.20 bits per heavy atom. The number of nitriles is 2. The summed E-state index contributed by atoms with van der Waals surface area (Å²) >= 11 is 0. The molecule has 0 aliphatic heterocycles. The standard InChI is InChI=1S/C2N2P/c3-1-5-2-4. The third-order valence-corrected chi connectivity index (χ3v) is 0.300. The van der Waals surface area contributed by atoms with Gasteiger partial charge in [0.15, 0.2) is 8.58 Å². The summed E-state index contributed by atoms with van der Waals surface area (Å²) in [6, 6.07) is 0. The van der Waals surface area contributed by atoms with E-state index in [2.05, 4.69) is 0 Å². The van der Waals surface area contributed by atoms with Gasteiger partial charge in [-0.15, -0.1) is 0 Å². The summed E-state index contributed by atoms with van der Waals surface area (Å²) in [5.41, 5.74) is 0. The molecule has 23 valence electrons. The molecule has 0 spiro atoms. The Balaban J connectivity index is 2.86. The maximum atomic E-state index is 7.58. The van der Waals surface area contributed by atoms with Crippen molar-refractivity contribution < 1.29 is 0 Å². The molecular formula is C2N2P. The van der Waals surface area contributed by atoms with E-state index in [9.17, 15) is 0 Å². The summed E-state index contributed by atoms with van der Waals surface area (Å²) in [4.78, 5) is 0. The molecule has 0 fully saturated rings. The Labute approximate surface area is 31.8 Å². The smallest absolute Gasteiger partial charge is 0.164 e. The molecular weight excluding hydrogens is 83.0 g/mol. The van der Waals surface area contributed by atoms with Gasteiger partial charge in [-0.25, -0.2) is 0 Å². The molecule has 0 saturated carbocycles. The van der Waals surface area contributed by atoms with E-state index in [0.717, 1.165) is 0 Å². The Morgan fingerprint density at radius 2 is 1.60 bits per heavy atom. The minimum Gasteiger partial charge on any atom is -0.192 e. The molecule has 5 heavy (non-hydrogen) atoms. The van der Waals surface area contributed by atoms with Crippen molar-refractivity contribution >= 4 is 8.58 Å². The van der Waals surface area contributed by atoms with Crippen LogP contribution in [-0.2, 0) is 0 Å². The molecule has 0 heterocycles. The van der Waals surface area contributed by atoms with Crippen LogP contribution in [0, 0.1) is 22.1 Å². The maximum Gasteiger partial charge on any atom is 0.164 e. The molecule has 0 aromatic heterocycles. The van der Waals surface area contributed by atoms with Gasteiger partial charge < -0.3 is 0 Å². The van der Waals surface area contributed by atoms with Gasteiger partial charge in [-0.05, 0) is 0 Å². The maximum absolute atomic E-state index is 7.58. The van der Waals surface area contributed by atoms with E-state index < -0.39 is 0 Å². The Kier molecular flexibility index (Phi) is 3.01. The average Bonchev–Trinajstić information content (AvgIpc) is 1.41. The number of rotatable bonds is 0. The summed E-state index contributed by atoms with van der Waals surface area (Å²) < 4.78 is 0. The lowest BCUT2D eigenvalue weighted by molar-refractivity contribution is 1.56. The molecule has 3 heteroatoms. The number of nitrogens with zero attached hydrogens (tertiary/aromatic N) is 2. The van der Waals surface area contributed by atoms with Crippen LogP contribution in [-0.4, -0.2) is 0 Å². The van der Waals surface area contributed by atoms with Crippen LogP contribution in [0.2, 0.25) is 0 Å². The first-order valence-corrected chi connectivity index (χ1v) is 1.79. The lowest BCUT2D eigenvalue weighted by Crippen LogP contribution is -1.22. The Bertz CT molecular complexity index is 72.8. The summed E-state index contributed by atoms with van der Waals surface area (Å²) in [5, 5.41) is 15.2. The van der Waals surface area contributed by atoms with Crippen LogP contribution in [0.15, 0.2) is 0 Å². The molecule has 0 aromatic rings. The average molecular weight is 83.0 g/mol. The highest BCUT2D eigenvalue weighted by atomic mass is 31.1. The summed E-state index contributed by atoms with van der Waals surface area (Å²) in [6.45, 7) is 0. The van der Waals surface area contributed by atoms with E-state index >= 15 is 0 Å². The fraction of sp³-hybridized carbons (Fsp3) is 0. The van der Waals surface area contributed by atoms with Gasteiger partial charge in [-0.2, -0.15) is 10.5 Å². The first-order valence-electron chi connectivity index (χ1n) is 0.894. The zero-order valence-corrected chi connectivity index (χ0v) is 3.24. The predicted molar refractivity (Wildman–Crippen MR) is 18.1 cm³/mol. The highest BCUT2D eigenvalue weighted by Crippen LogP contribution is 1.97. The van der Waals surface area contributed by atoms with E-state index in [-0.39, 0.29) is 8.58 Å². The second-order valence-corrected chi connectivity index (χ2v) is 0.935. The highest BCUT2D eigenvalue weighted by molar-refractivity contribution is 7.49. The first kappa shape index (κ1) is 4.41. The zero-order valence-electron chi connectivity index (χ0n) is 2.34. The van der Waals surface area contributed by atoms with Crippen molar-refractivity contribution in [3.8, 4) is 11.6 Å². The lowest BCUT2D eigenvalue weighted by Gasteiger charge is -1.42.